The molecule has 1 aromatic rings. The van der Waals surface area contributed by atoms with E-state index in [0.717, 1.165) is 25.9 Å². The van der Waals surface area contributed by atoms with Crippen LogP contribution in [0.5, 0.6) is 0 Å². The number of likely N-dealkylation sites (tertiary alicyclic amines) is 1. The molecule has 0 spiro atoms. The van der Waals surface area contributed by atoms with E-state index in [1.54, 1.807) is 19.2 Å². The molecular weight excluding hydrogens is 312 g/mol. The quantitative estimate of drug-likeness (QED) is 0.848. The zero-order valence-electron chi connectivity index (χ0n) is 14.3. The Kier molecular flexibility index (Phi) is 5.47. The molecule has 0 unspecified atom stereocenters. The van der Waals surface area contributed by atoms with Crippen molar-refractivity contribution < 1.29 is 13.2 Å². The van der Waals surface area contributed by atoms with E-state index >= 15 is 0 Å². The van der Waals surface area contributed by atoms with Crippen LogP contribution in [-0.4, -0.2) is 49.7 Å². The number of carbonyl (C=O) groups is 1. The number of benzene rings is 1. The van der Waals surface area contributed by atoms with Crippen molar-refractivity contribution in [1.82, 2.24) is 9.21 Å². The molecule has 1 heterocycles. The number of sulfonamides is 1. The zero-order valence-corrected chi connectivity index (χ0v) is 15.1. The zero-order chi connectivity index (χ0) is 17.2. The SMILES string of the molecule is CC1CCN(C(=O)c2ccc(S(=O)(=O)N(C)C(C)C)cc2)CC1. The normalized spacial score (nSPS) is 17.0. The lowest BCUT2D eigenvalue weighted by atomic mass is 9.98. The summed E-state index contributed by atoms with van der Waals surface area (Å²) in [5.41, 5.74) is 0.547. The maximum absolute atomic E-state index is 12.5. The molecule has 1 aliphatic rings. The van der Waals surface area contributed by atoms with E-state index in [4.69, 9.17) is 0 Å². The van der Waals surface area contributed by atoms with Crippen LogP contribution in [0.3, 0.4) is 0 Å². The Labute approximate surface area is 139 Å². The van der Waals surface area contributed by atoms with Gasteiger partial charge < -0.3 is 4.90 Å². The second-order valence-electron chi connectivity index (χ2n) is 6.61. The first-order valence-corrected chi connectivity index (χ1v) is 9.55. The van der Waals surface area contributed by atoms with Gasteiger partial charge in [-0.15, -0.1) is 0 Å². The van der Waals surface area contributed by atoms with Crippen LogP contribution in [0.2, 0.25) is 0 Å². The van der Waals surface area contributed by atoms with Crippen LogP contribution in [-0.2, 0) is 10.0 Å². The molecule has 0 atom stereocenters. The molecule has 23 heavy (non-hydrogen) atoms. The fourth-order valence-corrected chi connectivity index (χ4v) is 3.98. The van der Waals surface area contributed by atoms with E-state index in [1.165, 1.54) is 16.4 Å². The largest absolute Gasteiger partial charge is 0.339 e. The van der Waals surface area contributed by atoms with Crippen molar-refractivity contribution in [3.05, 3.63) is 29.8 Å². The number of hydrogen-bond donors (Lipinski definition) is 0. The summed E-state index contributed by atoms with van der Waals surface area (Å²) < 4.78 is 26.2. The first-order valence-electron chi connectivity index (χ1n) is 8.11. The highest BCUT2D eigenvalue weighted by atomic mass is 32.2. The maximum Gasteiger partial charge on any atom is 0.253 e. The first-order chi connectivity index (χ1) is 10.7. The number of amides is 1. The Bertz CT molecular complexity index is 645. The van der Waals surface area contributed by atoms with Gasteiger partial charge in [-0.05, 0) is 56.9 Å². The van der Waals surface area contributed by atoms with Gasteiger partial charge in [-0.3, -0.25) is 4.79 Å². The third kappa shape index (κ3) is 3.93. The van der Waals surface area contributed by atoms with Crippen LogP contribution in [0.4, 0.5) is 0 Å². The Balaban J connectivity index is 2.15. The summed E-state index contributed by atoms with van der Waals surface area (Å²) in [5.74, 6) is 0.649. The Morgan fingerprint density at radius 2 is 1.70 bits per heavy atom. The molecule has 6 heteroatoms. The summed E-state index contributed by atoms with van der Waals surface area (Å²) in [6, 6.07) is 6.15. The predicted molar refractivity (Wildman–Crippen MR) is 90.8 cm³/mol. The average Bonchev–Trinajstić information content (AvgIpc) is 2.54. The molecule has 1 aromatic carbocycles. The van der Waals surface area contributed by atoms with E-state index in [9.17, 15) is 13.2 Å². The Morgan fingerprint density at radius 3 is 2.17 bits per heavy atom. The Hall–Kier alpha value is -1.40. The van der Waals surface area contributed by atoms with Crippen LogP contribution < -0.4 is 0 Å². The smallest absolute Gasteiger partial charge is 0.253 e. The predicted octanol–water partition coefficient (Wildman–Crippen LogP) is 2.59. The number of hydrogen-bond acceptors (Lipinski definition) is 3. The third-order valence-electron chi connectivity index (χ3n) is 4.58. The summed E-state index contributed by atoms with van der Waals surface area (Å²) in [4.78, 5) is 14.5. The molecule has 2 rings (SSSR count). The lowest BCUT2D eigenvalue weighted by Crippen LogP contribution is -2.38. The summed E-state index contributed by atoms with van der Waals surface area (Å²) in [6.07, 6.45) is 2.05. The number of piperidine rings is 1. The lowest BCUT2D eigenvalue weighted by Gasteiger charge is -2.30. The van der Waals surface area contributed by atoms with Crippen molar-refractivity contribution in [3.63, 3.8) is 0 Å². The highest BCUT2D eigenvalue weighted by Crippen LogP contribution is 2.20. The topological polar surface area (TPSA) is 57.7 Å². The fourth-order valence-electron chi connectivity index (χ4n) is 2.61. The molecule has 0 N–H and O–H groups in total. The minimum Gasteiger partial charge on any atom is -0.339 e. The molecule has 128 valence electrons. The molecule has 1 saturated heterocycles. The lowest BCUT2D eigenvalue weighted by molar-refractivity contribution is 0.0697. The van der Waals surface area contributed by atoms with Crippen molar-refractivity contribution in [2.75, 3.05) is 20.1 Å². The van der Waals surface area contributed by atoms with Crippen LogP contribution in [0.15, 0.2) is 29.2 Å². The van der Waals surface area contributed by atoms with Crippen LogP contribution in [0.25, 0.3) is 0 Å². The van der Waals surface area contributed by atoms with Gasteiger partial charge in [-0.25, -0.2) is 8.42 Å². The maximum atomic E-state index is 12.5. The van der Waals surface area contributed by atoms with Crippen molar-refractivity contribution in [3.8, 4) is 0 Å². The second kappa shape index (κ2) is 7.01. The van der Waals surface area contributed by atoms with Gasteiger partial charge in [0.25, 0.3) is 5.91 Å². The molecule has 1 amide bonds. The van der Waals surface area contributed by atoms with Gasteiger partial charge in [0.2, 0.25) is 10.0 Å². The molecule has 0 aromatic heterocycles. The summed E-state index contributed by atoms with van der Waals surface area (Å²) >= 11 is 0. The highest BCUT2D eigenvalue weighted by Gasteiger charge is 2.25. The monoisotopic (exact) mass is 338 g/mol. The summed E-state index contributed by atoms with van der Waals surface area (Å²) in [7, 11) is -1.94. The third-order valence-corrected chi connectivity index (χ3v) is 6.62. The highest BCUT2D eigenvalue weighted by molar-refractivity contribution is 7.89. The second-order valence-corrected chi connectivity index (χ2v) is 8.61. The van der Waals surface area contributed by atoms with Crippen molar-refractivity contribution in [1.29, 1.82) is 0 Å². The molecule has 0 bridgehead atoms. The first kappa shape index (κ1) is 17.9. The van der Waals surface area contributed by atoms with Gasteiger partial charge in [0.05, 0.1) is 4.90 Å². The molecule has 5 nitrogen and oxygen atoms in total. The number of rotatable bonds is 4. The van der Waals surface area contributed by atoms with Gasteiger partial charge >= 0.3 is 0 Å². The van der Waals surface area contributed by atoms with Crippen LogP contribution in [0.1, 0.15) is 44.0 Å². The van der Waals surface area contributed by atoms with Crippen LogP contribution >= 0.6 is 0 Å². The molecule has 0 radical (unpaired) electrons. The van der Waals surface area contributed by atoms with Crippen molar-refractivity contribution in [2.45, 2.75) is 44.6 Å². The van der Waals surface area contributed by atoms with E-state index in [0.29, 0.717) is 11.5 Å². The van der Waals surface area contributed by atoms with Gasteiger partial charge in [-0.2, -0.15) is 4.31 Å². The fraction of sp³-hybridized carbons (Fsp3) is 0.588. The van der Waals surface area contributed by atoms with E-state index in [-0.39, 0.29) is 16.8 Å². The number of carbonyl (C=O) groups excluding carboxylic acids is 1. The summed E-state index contributed by atoms with van der Waals surface area (Å²) in [6.45, 7) is 7.40. The molecule has 0 aliphatic carbocycles. The van der Waals surface area contributed by atoms with E-state index in [2.05, 4.69) is 6.92 Å². The summed E-state index contributed by atoms with van der Waals surface area (Å²) in [5, 5.41) is 0. The van der Waals surface area contributed by atoms with Gasteiger partial charge in [-0.1, -0.05) is 6.92 Å². The van der Waals surface area contributed by atoms with Gasteiger partial charge in [0, 0.05) is 31.7 Å². The van der Waals surface area contributed by atoms with Crippen LogP contribution in [0, 0.1) is 5.92 Å². The molecule has 1 fully saturated rings. The van der Waals surface area contributed by atoms with Gasteiger partial charge in [0.1, 0.15) is 0 Å². The minimum absolute atomic E-state index is 0.0157. The van der Waals surface area contributed by atoms with E-state index < -0.39 is 10.0 Å². The molecule has 1 aliphatic heterocycles. The average molecular weight is 338 g/mol. The van der Waals surface area contributed by atoms with Gasteiger partial charge in [0.15, 0.2) is 0 Å². The van der Waals surface area contributed by atoms with E-state index in [1.807, 2.05) is 18.7 Å². The Morgan fingerprint density at radius 1 is 1.17 bits per heavy atom. The molecule has 0 saturated carbocycles. The molecular formula is C17H26N2O3S. The minimum atomic E-state index is -3.50. The van der Waals surface area contributed by atoms with Crippen molar-refractivity contribution >= 4 is 15.9 Å². The van der Waals surface area contributed by atoms with Crippen molar-refractivity contribution in [2.24, 2.45) is 5.92 Å². The standard InChI is InChI=1S/C17H26N2O3S/c1-13(2)18(4)23(21,22)16-7-5-15(6-8-16)17(20)19-11-9-14(3)10-12-19/h5-8,13-14H,9-12H2,1-4H3. The number of nitrogens with zero attached hydrogens (tertiary/aromatic N) is 2.